The second kappa shape index (κ2) is 9.52. The van der Waals surface area contributed by atoms with E-state index in [0.717, 1.165) is 29.8 Å². The Balaban J connectivity index is 1.42. The summed E-state index contributed by atoms with van der Waals surface area (Å²) >= 11 is 6.44. The second-order valence-electron chi connectivity index (χ2n) is 11.0. The number of nitrogens with two attached hydrogens (primary N) is 1. The summed E-state index contributed by atoms with van der Waals surface area (Å²) < 4.78 is 5.40. The number of ether oxygens (including phenoxy) is 1. The summed E-state index contributed by atoms with van der Waals surface area (Å²) in [6, 6.07) is 5.89. The van der Waals surface area contributed by atoms with Gasteiger partial charge in [-0.25, -0.2) is 9.78 Å². The Morgan fingerprint density at radius 1 is 1.27 bits per heavy atom. The van der Waals surface area contributed by atoms with Gasteiger partial charge < -0.3 is 26.0 Å². The number of rotatable bonds is 6. The third-order valence-electron chi connectivity index (χ3n) is 7.68. The second-order valence-corrected chi connectivity index (χ2v) is 11.4. The van der Waals surface area contributed by atoms with Crippen LogP contribution in [0.4, 0.5) is 27.9 Å². The Morgan fingerprint density at radius 2 is 2.03 bits per heavy atom. The van der Waals surface area contributed by atoms with Gasteiger partial charge in [0, 0.05) is 35.7 Å². The molecular formula is C27H33ClN6O3. The summed E-state index contributed by atoms with van der Waals surface area (Å²) in [6.07, 6.45) is 6.71. The summed E-state index contributed by atoms with van der Waals surface area (Å²) in [6.45, 7) is 8.41. The van der Waals surface area contributed by atoms with Gasteiger partial charge in [-0.3, -0.25) is 4.79 Å². The molecular weight excluding hydrogens is 492 g/mol. The molecule has 1 aromatic carbocycles. The molecule has 1 aromatic heterocycles. The molecule has 9 nitrogen and oxygen atoms in total. The molecule has 4 N–H and O–H groups in total. The quantitative estimate of drug-likeness (QED) is 0.447. The van der Waals surface area contributed by atoms with Crippen LogP contribution in [0, 0.1) is 11.8 Å². The number of carbonyl (C=O) groups is 2. The number of amides is 2. The zero-order valence-electron chi connectivity index (χ0n) is 21.5. The standard InChI is InChI=1S/C27H33ClN6O3/c1-14(2)34-20-12-17(7-8-18(20)27(3,4)10-9-21(34)35)31-26-30-13-19(28)24(33-26)32-22-15-5-6-16(11-15)23(22)37-25(29)36/h5-8,12-16,22-23H,9-11H2,1-4H3,(H2,29,36)(H2,30,31,32,33)/t15-,16+,22+,23-/m0/s1. The fourth-order valence-electron chi connectivity index (χ4n) is 5.83. The summed E-state index contributed by atoms with van der Waals surface area (Å²) in [5.74, 6) is 1.22. The molecule has 37 heavy (non-hydrogen) atoms. The highest BCUT2D eigenvalue weighted by atomic mass is 35.5. The predicted octanol–water partition coefficient (Wildman–Crippen LogP) is 5.14. The summed E-state index contributed by atoms with van der Waals surface area (Å²) in [5, 5.41) is 6.98. The maximum Gasteiger partial charge on any atom is 0.404 e. The number of fused-ring (bicyclic) bond motifs is 3. The van der Waals surface area contributed by atoms with Crippen molar-refractivity contribution in [2.75, 3.05) is 15.5 Å². The van der Waals surface area contributed by atoms with E-state index >= 15 is 0 Å². The number of nitrogens with zero attached hydrogens (tertiary/aromatic N) is 3. The van der Waals surface area contributed by atoms with E-state index in [0.29, 0.717) is 23.2 Å². The van der Waals surface area contributed by atoms with Gasteiger partial charge in [0.25, 0.3) is 0 Å². The number of halogens is 1. The van der Waals surface area contributed by atoms with Crippen LogP contribution in [0.2, 0.25) is 5.02 Å². The maximum atomic E-state index is 13.0. The van der Waals surface area contributed by atoms with Crippen molar-refractivity contribution in [1.82, 2.24) is 9.97 Å². The highest BCUT2D eigenvalue weighted by molar-refractivity contribution is 6.32. The molecule has 0 unspecified atom stereocenters. The van der Waals surface area contributed by atoms with E-state index in [4.69, 9.17) is 22.1 Å². The Kier molecular flexibility index (Phi) is 6.52. The summed E-state index contributed by atoms with van der Waals surface area (Å²) in [7, 11) is 0. The van der Waals surface area contributed by atoms with Crippen molar-refractivity contribution in [3.63, 3.8) is 0 Å². The molecule has 1 aliphatic heterocycles. The minimum atomic E-state index is -0.797. The van der Waals surface area contributed by atoms with Crippen molar-refractivity contribution in [3.8, 4) is 0 Å². The minimum absolute atomic E-state index is 0.0318. The summed E-state index contributed by atoms with van der Waals surface area (Å²) in [5.41, 5.74) is 8.00. The molecule has 0 radical (unpaired) electrons. The van der Waals surface area contributed by atoms with E-state index in [1.54, 1.807) is 0 Å². The smallest absolute Gasteiger partial charge is 0.404 e. The number of nitrogens with one attached hydrogen (secondary N) is 2. The molecule has 196 valence electrons. The molecule has 4 atom stereocenters. The first-order chi connectivity index (χ1) is 17.5. The van der Waals surface area contributed by atoms with Crippen molar-refractivity contribution in [3.05, 3.63) is 47.1 Å². The van der Waals surface area contributed by atoms with E-state index < -0.39 is 6.09 Å². The zero-order chi connectivity index (χ0) is 26.5. The molecule has 2 amide bonds. The lowest BCUT2D eigenvalue weighted by molar-refractivity contribution is -0.119. The maximum absolute atomic E-state index is 13.0. The SMILES string of the molecule is CC(C)N1C(=O)CCC(C)(C)c2ccc(Nc3ncc(Cl)c(N[C@H]4[C@@H](OC(N)=O)[C@@H]5C=C[C@H]4C5)n3)cc21. The van der Waals surface area contributed by atoms with Crippen molar-refractivity contribution in [2.24, 2.45) is 17.6 Å². The van der Waals surface area contributed by atoms with Crippen LogP contribution in [0.1, 0.15) is 52.5 Å². The highest BCUT2D eigenvalue weighted by Gasteiger charge is 2.47. The largest absolute Gasteiger partial charge is 0.444 e. The van der Waals surface area contributed by atoms with E-state index in [2.05, 4.69) is 52.7 Å². The topological polar surface area (TPSA) is 122 Å². The van der Waals surface area contributed by atoms with Crippen LogP contribution in [0.3, 0.4) is 0 Å². The molecule has 2 aromatic rings. The molecule has 1 saturated carbocycles. The lowest BCUT2D eigenvalue weighted by Crippen LogP contribution is -2.41. The number of carbonyl (C=O) groups excluding carboxylic acids is 2. The van der Waals surface area contributed by atoms with Gasteiger partial charge in [-0.2, -0.15) is 4.98 Å². The number of hydrogen-bond donors (Lipinski definition) is 3. The first-order valence-electron chi connectivity index (χ1n) is 12.7. The van der Waals surface area contributed by atoms with E-state index in [1.165, 1.54) is 6.20 Å². The number of primary amides is 1. The number of anilines is 4. The monoisotopic (exact) mass is 524 g/mol. The van der Waals surface area contributed by atoms with E-state index in [-0.39, 0.29) is 41.3 Å². The fraction of sp³-hybridized carbons (Fsp3) is 0.481. The molecule has 2 aliphatic carbocycles. The Bertz CT molecular complexity index is 1260. The van der Waals surface area contributed by atoms with E-state index in [9.17, 15) is 9.59 Å². The first-order valence-corrected chi connectivity index (χ1v) is 13.1. The van der Waals surface area contributed by atoms with Gasteiger partial charge in [-0.1, -0.05) is 43.7 Å². The van der Waals surface area contributed by atoms with Crippen LogP contribution in [0.5, 0.6) is 0 Å². The zero-order valence-corrected chi connectivity index (χ0v) is 22.2. The van der Waals surface area contributed by atoms with Gasteiger partial charge in [0.05, 0.1) is 12.2 Å². The average Bonchev–Trinajstić information content (AvgIpc) is 3.40. The fourth-order valence-corrected chi connectivity index (χ4v) is 5.98. The summed E-state index contributed by atoms with van der Waals surface area (Å²) in [4.78, 5) is 35.3. The van der Waals surface area contributed by atoms with Gasteiger partial charge in [0.15, 0.2) is 5.82 Å². The average molecular weight is 525 g/mol. The lowest BCUT2D eigenvalue weighted by atomic mass is 9.80. The third-order valence-corrected chi connectivity index (χ3v) is 7.95. The number of hydrogen-bond acceptors (Lipinski definition) is 7. The Labute approximate surface area is 221 Å². The predicted molar refractivity (Wildman–Crippen MR) is 144 cm³/mol. The van der Waals surface area contributed by atoms with Crippen molar-refractivity contribution in [2.45, 2.75) is 70.6 Å². The van der Waals surface area contributed by atoms with Crippen LogP contribution >= 0.6 is 11.6 Å². The number of benzene rings is 1. The molecule has 1 fully saturated rings. The van der Waals surface area contributed by atoms with Gasteiger partial charge in [-0.05, 0) is 49.8 Å². The first kappa shape index (κ1) is 25.3. The van der Waals surface area contributed by atoms with Crippen LogP contribution in [-0.4, -0.2) is 40.2 Å². The molecule has 2 bridgehead atoms. The van der Waals surface area contributed by atoms with Crippen molar-refractivity contribution in [1.29, 1.82) is 0 Å². The van der Waals surface area contributed by atoms with Gasteiger partial charge in [0.1, 0.15) is 11.1 Å². The van der Waals surface area contributed by atoms with Crippen LogP contribution in [0.25, 0.3) is 0 Å². The molecule has 0 saturated heterocycles. The lowest BCUT2D eigenvalue weighted by Gasteiger charge is -2.30. The van der Waals surface area contributed by atoms with Gasteiger partial charge in [-0.15, -0.1) is 0 Å². The van der Waals surface area contributed by atoms with Gasteiger partial charge in [0.2, 0.25) is 11.9 Å². The van der Waals surface area contributed by atoms with Crippen molar-refractivity contribution >= 4 is 46.7 Å². The highest BCUT2D eigenvalue weighted by Crippen LogP contribution is 2.44. The van der Waals surface area contributed by atoms with Crippen LogP contribution in [-0.2, 0) is 14.9 Å². The molecule has 5 rings (SSSR count). The van der Waals surface area contributed by atoms with Crippen LogP contribution < -0.4 is 21.3 Å². The Morgan fingerprint density at radius 3 is 2.76 bits per heavy atom. The number of aromatic nitrogens is 2. The van der Waals surface area contributed by atoms with Gasteiger partial charge >= 0.3 is 6.09 Å². The normalized spacial score (nSPS) is 25.7. The molecule has 2 heterocycles. The third kappa shape index (κ3) is 4.84. The van der Waals surface area contributed by atoms with E-state index in [1.807, 2.05) is 30.9 Å². The molecule has 0 spiro atoms. The minimum Gasteiger partial charge on any atom is -0.444 e. The van der Waals surface area contributed by atoms with Crippen LogP contribution in [0.15, 0.2) is 36.5 Å². The molecule has 10 heteroatoms. The van der Waals surface area contributed by atoms with Crippen molar-refractivity contribution < 1.29 is 14.3 Å². The molecule has 3 aliphatic rings. The Hall–Kier alpha value is -3.33.